The number of nitrogens with zero attached hydrogens (tertiary/aromatic N) is 2. The Bertz CT molecular complexity index is 1210. The summed E-state index contributed by atoms with van der Waals surface area (Å²) in [4.78, 5) is 0. The molecule has 4 rings (SSSR count). The fourth-order valence-electron chi connectivity index (χ4n) is 3.31. The summed E-state index contributed by atoms with van der Waals surface area (Å²) >= 11 is 0. The molecule has 0 saturated carbocycles. The molecular formula is C24H16F2N2. The zero-order chi connectivity index (χ0) is 19.5. The number of aromatic nitrogens is 1. The number of allylic oxidation sites excluding steroid dienone is 1. The van der Waals surface area contributed by atoms with Gasteiger partial charge in [0, 0.05) is 34.8 Å². The van der Waals surface area contributed by atoms with Crippen LogP contribution in [0.3, 0.4) is 0 Å². The lowest BCUT2D eigenvalue weighted by Gasteiger charge is -2.05. The minimum Gasteiger partial charge on any atom is -0.342 e. The van der Waals surface area contributed by atoms with Gasteiger partial charge in [0.05, 0.1) is 11.6 Å². The highest BCUT2D eigenvalue weighted by atomic mass is 19.1. The van der Waals surface area contributed by atoms with Crippen molar-refractivity contribution in [3.63, 3.8) is 0 Å². The molecule has 1 aromatic heterocycles. The molecule has 2 nitrogen and oxygen atoms in total. The molecule has 0 aliphatic rings. The van der Waals surface area contributed by atoms with E-state index in [9.17, 15) is 14.0 Å². The van der Waals surface area contributed by atoms with Crippen molar-refractivity contribution in [3.05, 3.63) is 107 Å². The van der Waals surface area contributed by atoms with Gasteiger partial charge < -0.3 is 4.57 Å². The van der Waals surface area contributed by atoms with Crippen molar-refractivity contribution in [1.82, 2.24) is 4.57 Å². The molecule has 0 radical (unpaired) electrons. The number of rotatable bonds is 4. The number of fused-ring (bicyclic) bond motifs is 1. The Hall–Kier alpha value is -3.71. The van der Waals surface area contributed by atoms with Crippen LogP contribution in [0.15, 0.2) is 79.0 Å². The summed E-state index contributed by atoms with van der Waals surface area (Å²) in [6.45, 7) is 0.566. The third-order valence-corrected chi connectivity index (χ3v) is 4.67. The van der Waals surface area contributed by atoms with Crippen molar-refractivity contribution in [2.45, 2.75) is 6.54 Å². The zero-order valence-electron chi connectivity index (χ0n) is 14.9. The van der Waals surface area contributed by atoms with Crippen LogP contribution in [0.25, 0.3) is 22.6 Å². The quantitative estimate of drug-likeness (QED) is 0.403. The summed E-state index contributed by atoms with van der Waals surface area (Å²) in [6, 6.07) is 22.6. The van der Waals surface area contributed by atoms with Gasteiger partial charge in [0.15, 0.2) is 0 Å². The summed E-state index contributed by atoms with van der Waals surface area (Å²) in [5.41, 5.74) is 3.33. The summed E-state index contributed by atoms with van der Waals surface area (Å²) in [7, 11) is 0. The molecule has 0 bridgehead atoms. The fraction of sp³-hybridized carbons (Fsp3) is 0.0417. The molecule has 0 saturated heterocycles. The molecule has 0 aliphatic heterocycles. The Balaban J connectivity index is 1.81. The van der Waals surface area contributed by atoms with Gasteiger partial charge in [-0.15, -0.1) is 0 Å². The normalized spacial score (nSPS) is 11.5. The second-order valence-corrected chi connectivity index (χ2v) is 6.51. The minimum atomic E-state index is -0.426. The third kappa shape index (κ3) is 3.43. The van der Waals surface area contributed by atoms with Crippen LogP contribution < -0.4 is 0 Å². The van der Waals surface area contributed by atoms with Crippen molar-refractivity contribution in [2.75, 3.05) is 0 Å². The van der Waals surface area contributed by atoms with Crippen molar-refractivity contribution in [3.8, 4) is 6.07 Å². The van der Waals surface area contributed by atoms with E-state index in [1.165, 1.54) is 18.2 Å². The van der Waals surface area contributed by atoms with Gasteiger partial charge >= 0.3 is 0 Å². The SMILES string of the molecule is N#C/C(=C/c1cn(Cc2ccc(F)cc2)c2ccccc12)c1ccccc1F. The molecule has 3 aromatic carbocycles. The maximum atomic E-state index is 14.1. The number of halogens is 2. The van der Waals surface area contributed by atoms with E-state index in [-0.39, 0.29) is 17.0 Å². The molecule has 0 amide bonds. The molecule has 0 spiro atoms. The Kier molecular flexibility index (Phi) is 4.74. The van der Waals surface area contributed by atoms with Crippen molar-refractivity contribution < 1.29 is 8.78 Å². The number of benzene rings is 3. The Morgan fingerprint density at radius 3 is 2.39 bits per heavy atom. The van der Waals surface area contributed by atoms with Crippen LogP contribution in [-0.4, -0.2) is 4.57 Å². The van der Waals surface area contributed by atoms with E-state index in [0.29, 0.717) is 6.54 Å². The summed E-state index contributed by atoms with van der Waals surface area (Å²) in [5.74, 6) is -0.696. The summed E-state index contributed by atoms with van der Waals surface area (Å²) < 4.78 is 29.4. The first kappa shape index (κ1) is 17.7. The van der Waals surface area contributed by atoms with Gasteiger partial charge in [0.2, 0.25) is 0 Å². The molecule has 0 N–H and O–H groups in total. The monoisotopic (exact) mass is 370 g/mol. The average molecular weight is 370 g/mol. The first-order chi connectivity index (χ1) is 13.7. The topological polar surface area (TPSA) is 28.7 Å². The molecule has 136 valence electrons. The van der Waals surface area contributed by atoms with Gasteiger partial charge in [-0.2, -0.15) is 5.26 Å². The molecule has 1 heterocycles. The van der Waals surface area contributed by atoms with E-state index < -0.39 is 5.82 Å². The highest BCUT2D eigenvalue weighted by molar-refractivity contribution is 5.98. The Morgan fingerprint density at radius 1 is 0.929 bits per heavy atom. The van der Waals surface area contributed by atoms with Crippen LogP contribution in [0.2, 0.25) is 0 Å². The maximum absolute atomic E-state index is 14.1. The fourth-order valence-corrected chi connectivity index (χ4v) is 3.31. The van der Waals surface area contributed by atoms with Gasteiger partial charge in [0.1, 0.15) is 11.6 Å². The van der Waals surface area contributed by atoms with Crippen LogP contribution in [0.4, 0.5) is 8.78 Å². The van der Waals surface area contributed by atoms with Gasteiger partial charge in [-0.25, -0.2) is 8.78 Å². The van der Waals surface area contributed by atoms with Gasteiger partial charge in [-0.3, -0.25) is 0 Å². The predicted molar refractivity (Wildman–Crippen MR) is 107 cm³/mol. The Labute approximate surface area is 161 Å². The molecule has 4 heteroatoms. The van der Waals surface area contributed by atoms with Gasteiger partial charge in [0.25, 0.3) is 0 Å². The molecule has 0 atom stereocenters. The van der Waals surface area contributed by atoms with E-state index in [2.05, 4.69) is 6.07 Å². The molecule has 28 heavy (non-hydrogen) atoms. The molecule has 0 aliphatic carbocycles. The van der Waals surface area contributed by atoms with Crippen molar-refractivity contribution >= 4 is 22.6 Å². The lowest BCUT2D eigenvalue weighted by atomic mass is 10.0. The maximum Gasteiger partial charge on any atom is 0.131 e. The lowest BCUT2D eigenvalue weighted by molar-refractivity contribution is 0.624. The van der Waals surface area contributed by atoms with E-state index >= 15 is 0 Å². The molecular weight excluding hydrogens is 354 g/mol. The van der Waals surface area contributed by atoms with Crippen LogP contribution in [0.5, 0.6) is 0 Å². The van der Waals surface area contributed by atoms with Gasteiger partial charge in [-0.05, 0) is 35.9 Å². The first-order valence-electron chi connectivity index (χ1n) is 8.85. The number of hydrogen-bond acceptors (Lipinski definition) is 1. The van der Waals surface area contributed by atoms with Crippen LogP contribution in [0, 0.1) is 23.0 Å². The third-order valence-electron chi connectivity index (χ3n) is 4.67. The number of nitriles is 1. The van der Waals surface area contributed by atoms with E-state index in [4.69, 9.17) is 0 Å². The Morgan fingerprint density at radius 2 is 1.64 bits per heavy atom. The number of para-hydroxylation sites is 1. The number of hydrogen-bond donors (Lipinski definition) is 0. The van der Waals surface area contributed by atoms with Crippen LogP contribution in [0.1, 0.15) is 16.7 Å². The summed E-state index contributed by atoms with van der Waals surface area (Å²) in [5, 5.41) is 10.5. The largest absolute Gasteiger partial charge is 0.342 e. The molecule has 4 aromatic rings. The average Bonchev–Trinajstić information content (AvgIpc) is 3.06. The highest BCUT2D eigenvalue weighted by Crippen LogP contribution is 2.27. The molecule has 0 fully saturated rings. The highest BCUT2D eigenvalue weighted by Gasteiger charge is 2.11. The lowest BCUT2D eigenvalue weighted by Crippen LogP contribution is -1.97. The van der Waals surface area contributed by atoms with Gasteiger partial charge in [-0.1, -0.05) is 48.5 Å². The van der Waals surface area contributed by atoms with Crippen molar-refractivity contribution in [2.24, 2.45) is 0 Å². The summed E-state index contributed by atoms with van der Waals surface area (Å²) in [6.07, 6.45) is 3.65. The standard InChI is InChI=1S/C24H16F2N2/c25-20-11-9-17(10-12-20)15-28-16-19(22-6-2-4-8-24(22)28)13-18(14-27)21-5-1-3-7-23(21)26/h1-13,16H,15H2/b18-13-. The predicted octanol–water partition coefficient (Wildman–Crippen LogP) is 6.03. The van der Waals surface area contributed by atoms with Crippen LogP contribution >= 0.6 is 0 Å². The smallest absolute Gasteiger partial charge is 0.131 e. The molecule has 0 unspecified atom stereocenters. The first-order valence-corrected chi connectivity index (χ1v) is 8.85. The van der Waals surface area contributed by atoms with Crippen LogP contribution in [-0.2, 0) is 6.54 Å². The van der Waals surface area contributed by atoms with E-state index in [1.807, 2.05) is 35.0 Å². The van der Waals surface area contributed by atoms with Crippen molar-refractivity contribution in [1.29, 1.82) is 5.26 Å². The minimum absolute atomic E-state index is 0.266. The zero-order valence-corrected chi connectivity index (χ0v) is 14.9. The second kappa shape index (κ2) is 7.50. The van der Waals surface area contributed by atoms with E-state index in [0.717, 1.165) is 22.0 Å². The van der Waals surface area contributed by atoms with E-state index in [1.54, 1.807) is 36.4 Å². The second-order valence-electron chi connectivity index (χ2n) is 6.51.